The Balaban J connectivity index is 1.21. The number of fused-ring (bicyclic) bond motifs is 7. The summed E-state index contributed by atoms with van der Waals surface area (Å²) < 4.78 is 24.1. The molecular weight excluding hydrogens is 661 g/mol. The van der Waals surface area contributed by atoms with Crippen molar-refractivity contribution >= 4 is 15.6 Å². The second kappa shape index (κ2) is 14.2. The predicted molar refractivity (Wildman–Crippen MR) is 218 cm³/mol. The molecule has 52 heavy (non-hydrogen) atoms. The van der Waals surface area contributed by atoms with Gasteiger partial charge >= 0.3 is 0 Å². The van der Waals surface area contributed by atoms with E-state index in [0.29, 0.717) is 70.8 Å². The number of hydrogen-bond acceptors (Lipinski definition) is 5. The van der Waals surface area contributed by atoms with Gasteiger partial charge < -0.3 is 10.2 Å². The highest BCUT2D eigenvalue weighted by molar-refractivity contribution is 7.91. The fourth-order valence-corrected chi connectivity index (χ4v) is 15.8. The number of carbonyl (C=O) groups excluding carboxylic acids is 1. The van der Waals surface area contributed by atoms with Crippen LogP contribution in [0.4, 0.5) is 0 Å². The van der Waals surface area contributed by atoms with Gasteiger partial charge in [-0.05, 0) is 141 Å². The van der Waals surface area contributed by atoms with Crippen molar-refractivity contribution in [3.05, 3.63) is 23.8 Å². The molecule has 9 atom stereocenters. The Hall–Kier alpha value is -0.980. The molecule has 6 rings (SSSR count). The van der Waals surface area contributed by atoms with Gasteiger partial charge in [0.25, 0.3) is 0 Å². The first-order valence-corrected chi connectivity index (χ1v) is 23.5. The van der Waals surface area contributed by atoms with E-state index < -0.39 is 9.84 Å². The lowest BCUT2D eigenvalue weighted by molar-refractivity contribution is -0.222. The Bertz CT molecular complexity index is 1500. The van der Waals surface area contributed by atoms with Gasteiger partial charge in [-0.1, -0.05) is 79.5 Å². The molecule has 1 N–H and O–H groups in total. The third-order valence-corrected chi connectivity index (χ3v) is 19.3. The summed E-state index contributed by atoms with van der Waals surface area (Å²) in [6.45, 7) is 32.1. The zero-order valence-corrected chi connectivity index (χ0v) is 36.1. The lowest BCUT2D eigenvalue weighted by Crippen LogP contribution is -2.68. The molecule has 0 aromatic rings. The maximum absolute atomic E-state index is 12.7. The van der Waals surface area contributed by atoms with E-state index in [0.717, 1.165) is 44.2 Å². The number of nitrogens with zero attached hydrogens (tertiary/aromatic N) is 1. The molecule has 9 unspecified atom stereocenters. The molecule has 296 valence electrons. The largest absolute Gasteiger partial charge is 0.310 e. The number of Topliss-reactive ketones (excluding diaryl/α,β-unsaturated/α-hetero) is 1. The van der Waals surface area contributed by atoms with E-state index in [1.807, 2.05) is 13.8 Å². The van der Waals surface area contributed by atoms with Gasteiger partial charge in [0.15, 0.2) is 9.84 Å². The summed E-state index contributed by atoms with van der Waals surface area (Å²) in [4.78, 5) is 15.1. The lowest BCUT2D eigenvalue weighted by Gasteiger charge is -2.72. The molecule has 1 saturated heterocycles. The van der Waals surface area contributed by atoms with Crippen LogP contribution in [0.15, 0.2) is 23.8 Å². The molecule has 5 fully saturated rings. The van der Waals surface area contributed by atoms with Crippen LogP contribution >= 0.6 is 0 Å². The number of nitrogens with one attached hydrogen (secondary N) is 1. The highest BCUT2D eigenvalue weighted by Crippen LogP contribution is 2.76. The van der Waals surface area contributed by atoms with Gasteiger partial charge in [0.05, 0.1) is 11.5 Å². The Kier molecular flexibility index (Phi) is 11.1. The van der Waals surface area contributed by atoms with Crippen LogP contribution in [0, 0.1) is 62.6 Å². The van der Waals surface area contributed by atoms with Crippen molar-refractivity contribution in [1.29, 1.82) is 0 Å². The topological polar surface area (TPSA) is 66.5 Å². The van der Waals surface area contributed by atoms with Crippen LogP contribution < -0.4 is 5.32 Å². The maximum Gasteiger partial charge on any atom is 0.152 e. The average Bonchev–Trinajstić information content (AvgIpc) is 3.38. The third-order valence-electron chi connectivity index (χ3n) is 17.6. The van der Waals surface area contributed by atoms with E-state index in [1.54, 1.807) is 5.57 Å². The van der Waals surface area contributed by atoms with Crippen LogP contribution in [0.2, 0.25) is 0 Å². The minimum Gasteiger partial charge on any atom is -0.310 e. The number of sulfone groups is 1. The molecule has 0 radical (unpaired) electrons. The smallest absolute Gasteiger partial charge is 0.152 e. The first kappa shape index (κ1) is 40.7. The molecule has 6 aliphatic rings. The number of carbonyl (C=O) groups is 1. The molecule has 0 spiro atoms. The van der Waals surface area contributed by atoms with Crippen LogP contribution in [-0.2, 0) is 14.6 Å². The quantitative estimate of drug-likeness (QED) is 0.202. The second-order valence-corrected chi connectivity index (χ2v) is 24.2. The van der Waals surface area contributed by atoms with Crippen LogP contribution in [0.1, 0.15) is 153 Å². The van der Waals surface area contributed by atoms with E-state index in [1.165, 1.54) is 63.4 Å². The highest BCUT2D eigenvalue weighted by Gasteiger charge is 2.70. The van der Waals surface area contributed by atoms with E-state index in [4.69, 9.17) is 0 Å². The SMILES string of the molecule is C=C(C)CC1CCC2(NCCN3CCS(=O)(=O)CC3)CCC3(C)C(CCC4C5(C)CC=C(CCC(C)(C)CC(=O)C(C)C)C(C)(C)C5CCC43C)C12. The summed E-state index contributed by atoms with van der Waals surface area (Å²) in [7, 11) is -2.85. The summed E-state index contributed by atoms with van der Waals surface area (Å²) in [6, 6.07) is 0. The van der Waals surface area contributed by atoms with Crippen LogP contribution in [0.25, 0.3) is 0 Å². The van der Waals surface area contributed by atoms with E-state index in [2.05, 4.69) is 78.3 Å². The zero-order valence-electron chi connectivity index (χ0n) is 35.3. The van der Waals surface area contributed by atoms with Crippen molar-refractivity contribution in [2.24, 2.45) is 62.6 Å². The van der Waals surface area contributed by atoms with Crippen LogP contribution in [-0.4, -0.2) is 62.3 Å². The number of rotatable bonds is 12. The summed E-state index contributed by atoms with van der Waals surface area (Å²) >= 11 is 0. The van der Waals surface area contributed by atoms with E-state index in [9.17, 15) is 13.2 Å². The Morgan fingerprint density at radius 3 is 2.31 bits per heavy atom. The monoisotopic (exact) mass is 739 g/mol. The third kappa shape index (κ3) is 7.12. The summed E-state index contributed by atoms with van der Waals surface area (Å²) in [5, 5.41) is 4.26. The maximum atomic E-state index is 12.7. The van der Waals surface area contributed by atoms with Crippen molar-refractivity contribution in [1.82, 2.24) is 10.2 Å². The normalized spacial score (nSPS) is 41.4. The predicted octanol–water partition coefficient (Wildman–Crippen LogP) is 10.1. The van der Waals surface area contributed by atoms with Crippen molar-refractivity contribution in [3.8, 4) is 0 Å². The van der Waals surface area contributed by atoms with Gasteiger partial charge in [-0.15, -0.1) is 6.58 Å². The molecule has 0 amide bonds. The van der Waals surface area contributed by atoms with Crippen LogP contribution in [0.5, 0.6) is 0 Å². The van der Waals surface area contributed by atoms with Crippen molar-refractivity contribution in [2.75, 3.05) is 37.7 Å². The summed E-state index contributed by atoms with van der Waals surface area (Å²) in [5.74, 6) is 4.74. The van der Waals surface area contributed by atoms with Crippen molar-refractivity contribution < 1.29 is 13.2 Å². The van der Waals surface area contributed by atoms with Gasteiger partial charge in [0.1, 0.15) is 5.78 Å². The van der Waals surface area contributed by atoms with Gasteiger partial charge in [-0.25, -0.2) is 8.42 Å². The average molecular weight is 739 g/mol. The minimum atomic E-state index is -2.85. The standard InChI is InChI=1S/C46H78N2O3S/c1-32(2)30-34-14-21-46(47-24-25-48-26-28-52(50,51)29-27-48)23-22-44(10)36(40(34)46)12-13-39-43(9)19-16-35(15-18-41(5,6)31-37(49)33(3)4)42(7,8)38(43)17-20-45(39,44)11/h16,33-34,36,38-40,47H,1,12-15,17-31H2,2-11H3. The molecule has 0 aromatic heterocycles. The summed E-state index contributed by atoms with van der Waals surface area (Å²) in [5.41, 5.74) is 4.43. The number of ketones is 1. The van der Waals surface area contributed by atoms with E-state index >= 15 is 0 Å². The molecule has 5 nitrogen and oxygen atoms in total. The fraction of sp³-hybridized carbons (Fsp3) is 0.891. The minimum absolute atomic E-state index is 0.0428. The van der Waals surface area contributed by atoms with Gasteiger partial charge in [-0.3, -0.25) is 4.79 Å². The molecule has 6 heteroatoms. The molecule has 0 bridgehead atoms. The second-order valence-electron chi connectivity index (χ2n) is 21.8. The Labute approximate surface area is 320 Å². The van der Waals surface area contributed by atoms with Gasteiger partial charge in [0, 0.05) is 44.1 Å². The number of allylic oxidation sites excluding steroid dienone is 3. The molecule has 5 aliphatic carbocycles. The molecule has 4 saturated carbocycles. The molecular formula is C46H78N2O3S. The molecule has 1 aliphatic heterocycles. The van der Waals surface area contributed by atoms with Crippen LogP contribution in [0.3, 0.4) is 0 Å². The van der Waals surface area contributed by atoms with E-state index in [-0.39, 0.29) is 22.3 Å². The van der Waals surface area contributed by atoms with Crippen molar-refractivity contribution in [3.63, 3.8) is 0 Å². The van der Waals surface area contributed by atoms with Gasteiger partial charge in [-0.2, -0.15) is 0 Å². The number of hydrogen-bond donors (Lipinski definition) is 1. The first-order valence-electron chi connectivity index (χ1n) is 21.6. The molecule has 1 heterocycles. The van der Waals surface area contributed by atoms with Gasteiger partial charge in [0.2, 0.25) is 0 Å². The first-order chi connectivity index (χ1) is 24.1. The molecule has 0 aromatic carbocycles. The summed E-state index contributed by atoms with van der Waals surface area (Å²) in [6.07, 6.45) is 18.6. The van der Waals surface area contributed by atoms with Crippen molar-refractivity contribution in [2.45, 2.75) is 158 Å². The highest BCUT2D eigenvalue weighted by atomic mass is 32.2. The Morgan fingerprint density at radius 2 is 1.65 bits per heavy atom. The fourth-order valence-electron chi connectivity index (χ4n) is 14.5. The lowest BCUT2D eigenvalue weighted by atomic mass is 9.33. The Morgan fingerprint density at radius 1 is 0.962 bits per heavy atom. The zero-order chi connectivity index (χ0) is 38.1.